The van der Waals surface area contributed by atoms with Crippen LogP contribution >= 0.6 is 11.8 Å². The third-order valence-electron chi connectivity index (χ3n) is 6.82. The van der Waals surface area contributed by atoms with Crippen LogP contribution in [0.5, 0.6) is 0 Å². The Morgan fingerprint density at radius 1 is 0.930 bits per heavy atom. The van der Waals surface area contributed by atoms with Gasteiger partial charge in [-0.3, -0.25) is 4.79 Å². The average Bonchev–Trinajstić information content (AvgIpc) is 3.45. The van der Waals surface area contributed by atoms with Gasteiger partial charge in [0.25, 0.3) is 5.91 Å². The molecule has 3 aromatic carbocycles. The summed E-state index contributed by atoms with van der Waals surface area (Å²) in [5.41, 5.74) is 1.26. The molecule has 0 spiro atoms. The molecule has 0 unspecified atom stereocenters. The molecule has 1 fully saturated rings. The van der Waals surface area contributed by atoms with Crippen LogP contribution in [-0.4, -0.2) is 37.6 Å². The number of nitrogens with zero attached hydrogens (tertiary/aromatic N) is 3. The minimum Gasteiger partial charge on any atom is -0.392 e. The number of nitrogens with one attached hydrogen (secondary N) is 1. The molecule has 226 valence electrons. The molecule has 4 aromatic rings. The Morgan fingerprint density at radius 2 is 1.53 bits per heavy atom. The standard InChI is InChI=1S/C29H25F5N4O4S/c1-38-14-36-37-29(38)43-13-19-10-20(17-6-4-16(12-39)5-7-17)42-28(41-19)18-8-2-15(3-9-18)11-35-27(40)21-22(30)24(32)26(34)25(33)23(21)31/h2-9,14,19-20,28,39H,10-13H2,1H3,(H,35,40)/t19-,20+,28+/m1/s1. The molecule has 8 nitrogen and oxygen atoms in total. The van der Waals surface area contributed by atoms with E-state index in [1.807, 2.05) is 31.3 Å². The maximum absolute atomic E-state index is 14.0. The Kier molecular flexibility index (Phi) is 9.40. The molecule has 3 atom stereocenters. The van der Waals surface area contributed by atoms with E-state index in [9.17, 15) is 31.9 Å². The maximum atomic E-state index is 14.0. The SMILES string of the molecule is Cn1cnnc1SC[C@H]1C[C@@H](c2ccc(CO)cc2)O[C@@H](c2ccc(CNC(=O)c3c(F)c(F)c(F)c(F)c3F)cc2)O1. The number of aliphatic hydroxyl groups excluding tert-OH is 1. The van der Waals surface area contributed by atoms with E-state index >= 15 is 0 Å². The zero-order valence-electron chi connectivity index (χ0n) is 22.6. The number of rotatable bonds is 9. The Morgan fingerprint density at radius 3 is 2.14 bits per heavy atom. The number of halogens is 5. The number of aromatic nitrogens is 3. The number of thioether (sulfide) groups is 1. The van der Waals surface area contributed by atoms with E-state index in [0.29, 0.717) is 23.3 Å². The second-order valence-corrected chi connectivity index (χ2v) is 10.7. The highest BCUT2D eigenvalue weighted by Gasteiger charge is 2.33. The van der Waals surface area contributed by atoms with Gasteiger partial charge in [0.1, 0.15) is 11.9 Å². The van der Waals surface area contributed by atoms with Crippen molar-refractivity contribution in [2.75, 3.05) is 5.75 Å². The predicted molar refractivity (Wildman–Crippen MR) is 144 cm³/mol. The molecule has 43 heavy (non-hydrogen) atoms. The molecule has 0 aliphatic carbocycles. The second kappa shape index (κ2) is 13.2. The largest absolute Gasteiger partial charge is 0.392 e. The van der Waals surface area contributed by atoms with Crippen LogP contribution in [0.25, 0.3) is 0 Å². The van der Waals surface area contributed by atoms with Crippen LogP contribution in [0.4, 0.5) is 22.0 Å². The van der Waals surface area contributed by atoms with Gasteiger partial charge in [-0.1, -0.05) is 60.3 Å². The zero-order valence-corrected chi connectivity index (χ0v) is 23.4. The maximum Gasteiger partial charge on any atom is 0.257 e. The second-order valence-electron chi connectivity index (χ2n) is 9.75. The highest BCUT2D eigenvalue weighted by Crippen LogP contribution is 2.39. The average molecular weight is 621 g/mol. The quantitative estimate of drug-likeness (QED) is 0.114. The monoisotopic (exact) mass is 620 g/mol. The normalized spacial score (nSPS) is 18.5. The van der Waals surface area contributed by atoms with Crippen molar-refractivity contribution in [1.82, 2.24) is 20.1 Å². The smallest absolute Gasteiger partial charge is 0.257 e. The molecule has 1 aliphatic heterocycles. The van der Waals surface area contributed by atoms with Crippen molar-refractivity contribution in [1.29, 1.82) is 0 Å². The molecular formula is C29H25F5N4O4S. The van der Waals surface area contributed by atoms with Gasteiger partial charge in [0, 0.05) is 31.3 Å². The molecule has 1 amide bonds. The Balaban J connectivity index is 1.29. The topological polar surface area (TPSA) is 98.5 Å². The van der Waals surface area contributed by atoms with Gasteiger partial charge in [-0.05, 0) is 16.7 Å². The summed E-state index contributed by atoms with van der Waals surface area (Å²) in [4.78, 5) is 12.3. The van der Waals surface area contributed by atoms with Crippen LogP contribution in [0.2, 0.25) is 0 Å². The van der Waals surface area contributed by atoms with Crippen LogP contribution in [-0.2, 0) is 29.7 Å². The molecule has 2 N–H and O–H groups in total. The lowest BCUT2D eigenvalue weighted by Crippen LogP contribution is -2.31. The van der Waals surface area contributed by atoms with Gasteiger partial charge in [-0.15, -0.1) is 10.2 Å². The number of benzene rings is 3. The van der Waals surface area contributed by atoms with Crippen LogP contribution in [0.1, 0.15) is 51.4 Å². The van der Waals surface area contributed by atoms with Crippen LogP contribution in [0, 0.1) is 29.1 Å². The van der Waals surface area contributed by atoms with Crippen LogP contribution in [0.15, 0.2) is 60.0 Å². The first-order chi connectivity index (χ1) is 20.7. The molecule has 1 aliphatic rings. The van der Waals surface area contributed by atoms with Crippen molar-refractivity contribution in [2.45, 2.75) is 43.2 Å². The lowest BCUT2D eigenvalue weighted by Gasteiger charge is -2.36. The van der Waals surface area contributed by atoms with Crippen molar-refractivity contribution >= 4 is 17.7 Å². The van der Waals surface area contributed by atoms with E-state index in [0.717, 1.165) is 16.3 Å². The molecule has 1 aromatic heterocycles. The van der Waals surface area contributed by atoms with E-state index in [2.05, 4.69) is 15.5 Å². The third kappa shape index (κ3) is 6.72. The molecule has 0 saturated carbocycles. The van der Waals surface area contributed by atoms with Gasteiger partial charge in [0.15, 0.2) is 34.7 Å². The number of amides is 1. The number of carbonyl (C=O) groups is 1. The van der Waals surface area contributed by atoms with Crippen molar-refractivity contribution < 1.29 is 41.3 Å². The summed E-state index contributed by atoms with van der Waals surface area (Å²) in [6, 6.07) is 14.0. The number of ether oxygens (including phenoxy) is 2. The predicted octanol–water partition coefficient (Wildman–Crippen LogP) is 5.27. The lowest BCUT2D eigenvalue weighted by atomic mass is 10.0. The minimum atomic E-state index is -2.34. The number of hydrogen-bond acceptors (Lipinski definition) is 7. The first kappa shape index (κ1) is 30.6. The summed E-state index contributed by atoms with van der Waals surface area (Å²) in [5.74, 6) is -12.0. The third-order valence-corrected chi connectivity index (χ3v) is 7.99. The first-order valence-electron chi connectivity index (χ1n) is 13.0. The minimum absolute atomic E-state index is 0.0805. The summed E-state index contributed by atoms with van der Waals surface area (Å²) in [7, 11) is 1.84. The highest BCUT2D eigenvalue weighted by atomic mass is 32.2. The van der Waals surface area contributed by atoms with Crippen LogP contribution < -0.4 is 5.32 Å². The summed E-state index contributed by atoms with van der Waals surface area (Å²) >= 11 is 1.49. The van der Waals surface area contributed by atoms with Gasteiger partial charge in [0.2, 0.25) is 5.82 Å². The zero-order chi connectivity index (χ0) is 30.7. The van der Waals surface area contributed by atoms with Crippen molar-refractivity contribution in [3.05, 3.63) is 112 Å². The molecule has 0 radical (unpaired) electrons. The fraction of sp³-hybridized carbons (Fsp3) is 0.276. The van der Waals surface area contributed by atoms with Gasteiger partial charge in [0.05, 0.1) is 18.8 Å². The molecule has 5 rings (SSSR count). The van der Waals surface area contributed by atoms with E-state index in [1.165, 1.54) is 11.8 Å². The van der Waals surface area contributed by atoms with Gasteiger partial charge < -0.3 is 24.5 Å². The lowest BCUT2D eigenvalue weighted by molar-refractivity contribution is -0.245. The molecule has 0 bridgehead atoms. The van der Waals surface area contributed by atoms with E-state index < -0.39 is 46.8 Å². The molecule has 1 saturated heterocycles. The van der Waals surface area contributed by atoms with Crippen molar-refractivity contribution in [2.24, 2.45) is 7.05 Å². The van der Waals surface area contributed by atoms with Gasteiger partial charge in [-0.2, -0.15) is 0 Å². The first-order valence-corrected chi connectivity index (χ1v) is 14.0. The summed E-state index contributed by atoms with van der Waals surface area (Å²) in [6.07, 6.45) is 0.842. The molecule has 2 heterocycles. The van der Waals surface area contributed by atoms with E-state index in [-0.39, 0.29) is 25.4 Å². The summed E-state index contributed by atoms with van der Waals surface area (Å²) in [6.45, 7) is -0.329. The van der Waals surface area contributed by atoms with Crippen molar-refractivity contribution in [3.63, 3.8) is 0 Å². The Bertz CT molecular complexity index is 1570. The van der Waals surface area contributed by atoms with E-state index in [1.54, 1.807) is 35.2 Å². The number of hydrogen-bond donors (Lipinski definition) is 2. The molecule has 14 heteroatoms. The number of carbonyl (C=O) groups excluding carboxylic acids is 1. The van der Waals surface area contributed by atoms with Crippen molar-refractivity contribution in [3.8, 4) is 0 Å². The number of aryl methyl sites for hydroxylation is 1. The van der Waals surface area contributed by atoms with Gasteiger partial charge >= 0.3 is 0 Å². The van der Waals surface area contributed by atoms with Crippen LogP contribution in [0.3, 0.4) is 0 Å². The number of aliphatic hydroxyl groups is 1. The van der Waals surface area contributed by atoms with E-state index in [4.69, 9.17) is 9.47 Å². The summed E-state index contributed by atoms with van der Waals surface area (Å²) in [5, 5.41) is 20.3. The Labute approximate surface area is 246 Å². The summed E-state index contributed by atoms with van der Waals surface area (Å²) < 4.78 is 82.6. The van der Waals surface area contributed by atoms with Gasteiger partial charge in [-0.25, -0.2) is 22.0 Å². The highest BCUT2D eigenvalue weighted by molar-refractivity contribution is 7.99. The fourth-order valence-electron chi connectivity index (χ4n) is 4.46. The molecular weight excluding hydrogens is 595 g/mol. The Hall–Kier alpha value is -3.85. The fourth-order valence-corrected chi connectivity index (χ4v) is 5.37.